The minimum absolute atomic E-state index is 0.264. The average Bonchev–Trinajstić information content (AvgIpc) is 2.46. The number of aryl methyl sites for hydroxylation is 1. The van der Waals surface area contributed by atoms with Gasteiger partial charge in [-0.2, -0.15) is 0 Å². The van der Waals surface area contributed by atoms with Crippen molar-refractivity contribution in [3.8, 4) is 0 Å². The normalized spacial score (nSPS) is 9.85. The lowest BCUT2D eigenvalue weighted by Crippen LogP contribution is -2.28. The van der Waals surface area contributed by atoms with Crippen molar-refractivity contribution in [3.05, 3.63) is 47.3 Å². The van der Waals surface area contributed by atoms with Crippen LogP contribution in [0, 0.1) is 6.92 Å². The molecule has 4 heteroatoms. The van der Waals surface area contributed by atoms with Crippen LogP contribution in [0.2, 0.25) is 0 Å². The number of carbonyl (C=O) groups is 1. The zero-order valence-corrected chi connectivity index (χ0v) is 13.0. The summed E-state index contributed by atoms with van der Waals surface area (Å²) >= 11 is 0. The van der Waals surface area contributed by atoms with E-state index in [-0.39, 0.29) is 5.97 Å². The average molecular weight is 276 g/mol. The quantitative estimate of drug-likeness (QED) is 0.803. The van der Waals surface area contributed by atoms with Crippen LogP contribution in [-0.2, 0) is 18.3 Å². The van der Waals surface area contributed by atoms with Crippen molar-refractivity contribution >= 4 is 5.97 Å². The van der Waals surface area contributed by atoms with Crippen molar-refractivity contribution in [2.75, 3.05) is 6.61 Å². The van der Waals surface area contributed by atoms with Gasteiger partial charge < -0.3 is 4.74 Å². The summed E-state index contributed by atoms with van der Waals surface area (Å²) in [4.78, 5) is 11.5. The van der Waals surface area contributed by atoms with Crippen molar-refractivity contribution in [1.29, 1.82) is 0 Å². The van der Waals surface area contributed by atoms with Crippen molar-refractivity contribution in [2.45, 2.75) is 34.2 Å². The summed E-state index contributed by atoms with van der Waals surface area (Å²) < 4.78 is 8.76. The highest BCUT2D eigenvalue weighted by Crippen LogP contribution is 2.10. The molecule has 0 aliphatic carbocycles. The number of rotatable bonds is 4. The summed E-state index contributed by atoms with van der Waals surface area (Å²) in [5.41, 5.74) is 3.06. The summed E-state index contributed by atoms with van der Waals surface area (Å²) in [5, 5.41) is 0. The van der Waals surface area contributed by atoms with Gasteiger partial charge in [0, 0.05) is 7.05 Å². The lowest BCUT2D eigenvalue weighted by Gasteiger charge is -2.22. The molecule has 110 valence electrons. The van der Waals surface area contributed by atoms with Gasteiger partial charge in [-0.05, 0) is 19.4 Å². The second-order valence-electron chi connectivity index (χ2n) is 4.34. The maximum Gasteiger partial charge on any atom is 0.358 e. The molecule has 4 nitrogen and oxygen atoms in total. The smallest absolute Gasteiger partial charge is 0.358 e. The molecule has 0 aliphatic rings. The third-order valence-electron chi connectivity index (χ3n) is 2.96. The molecule has 0 bridgehead atoms. The molecule has 0 radical (unpaired) electrons. The largest absolute Gasteiger partial charge is 0.461 e. The molecular weight excluding hydrogens is 252 g/mol. The van der Waals surface area contributed by atoms with E-state index in [1.54, 1.807) is 6.92 Å². The maximum absolute atomic E-state index is 11.5. The topological polar surface area (TPSA) is 36.2 Å². The van der Waals surface area contributed by atoms with Crippen LogP contribution in [0.15, 0.2) is 30.5 Å². The van der Waals surface area contributed by atoms with Crippen LogP contribution in [0.25, 0.3) is 0 Å². The van der Waals surface area contributed by atoms with Gasteiger partial charge >= 0.3 is 5.97 Å². The Kier molecular flexibility index (Phi) is 6.10. The monoisotopic (exact) mass is 276 g/mol. The maximum atomic E-state index is 11.5. The van der Waals surface area contributed by atoms with E-state index in [2.05, 4.69) is 31.2 Å². The van der Waals surface area contributed by atoms with Crippen LogP contribution >= 0.6 is 0 Å². The number of hydrogen-bond donors (Lipinski definition) is 0. The molecular formula is C16H24N2O2. The Balaban J connectivity index is 0.000000956. The third-order valence-corrected chi connectivity index (χ3v) is 2.96. The molecule has 0 unspecified atom stereocenters. The number of carbonyl (C=O) groups excluding carboxylic acids is 1. The molecule has 2 aromatic rings. The fourth-order valence-electron chi connectivity index (χ4n) is 1.82. The van der Waals surface area contributed by atoms with Gasteiger partial charge in [0.05, 0.1) is 19.3 Å². The van der Waals surface area contributed by atoms with E-state index in [1.807, 2.05) is 36.5 Å². The zero-order chi connectivity index (χ0) is 15.1. The minimum atomic E-state index is -0.264. The Bertz CT molecular complexity index is 535. The highest BCUT2D eigenvalue weighted by atomic mass is 16.5. The van der Waals surface area contributed by atoms with Gasteiger partial charge in [-0.15, -0.1) is 0 Å². The van der Waals surface area contributed by atoms with Crippen LogP contribution in [0.4, 0.5) is 0 Å². The number of hydrogen-bond acceptors (Lipinski definition) is 2. The Morgan fingerprint density at radius 2 is 1.80 bits per heavy atom. The first-order valence-electron chi connectivity index (χ1n) is 7.06. The lowest BCUT2D eigenvalue weighted by atomic mass is 10.1. The Hall–Kier alpha value is -1.97. The number of ether oxygens (including phenoxy) is 1. The van der Waals surface area contributed by atoms with Crippen LogP contribution in [0.3, 0.4) is 0 Å². The molecule has 0 aliphatic heterocycles. The van der Waals surface area contributed by atoms with Gasteiger partial charge in [0.25, 0.3) is 0 Å². The van der Waals surface area contributed by atoms with E-state index in [9.17, 15) is 4.79 Å². The Morgan fingerprint density at radius 3 is 2.30 bits per heavy atom. The van der Waals surface area contributed by atoms with Crippen molar-refractivity contribution in [2.24, 2.45) is 7.05 Å². The van der Waals surface area contributed by atoms with E-state index in [0.717, 1.165) is 6.54 Å². The van der Waals surface area contributed by atoms with Gasteiger partial charge in [-0.1, -0.05) is 43.7 Å². The first kappa shape index (κ1) is 16.1. The molecule has 0 spiro atoms. The highest BCUT2D eigenvalue weighted by molar-refractivity contribution is 5.87. The third kappa shape index (κ3) is 3.76. The van der Waals surface area contributed by atoms with E-state index >= 15 is 0 Å². The van der Waals surface area contributed by atoms with Crippen LogP contribution in [0.5, 0.6) is 0 Å². The summed E-state index contributed by atoms with van der Waals surface area (Å²) in [6.07, 6.45) is 1.82. The summed E-state index contributed by atoms with van der Waals surface area (Å²) in [5.74, 6) is -0.264. The predicted octanol–water partition coefficient (Wildman–Crippen LogP) is 3.39. The highest BCUT2D eigenvalue weighted by Gasteiger charge is 2.16. The van der Waals surface area contributed by atoms with E-state index in [1.165, 1.54) is 11.1 Å². The molecule has 1 heterocycles. The molecule has 0 fully saturated rings. The lowest BCUT2D eigenvalue weighted by molar-refractivity contribution is 0.0498. The van der Waals surface area contributed by atoms with Crippen LogP contribution < -0.4 is 0 Å². The number of benzene rings is 1. The summed E-state index contributed by atoms with van der Waals surface area (Å²) in [7, 11) is 1.86. The van der Waals surface area contributed by atoms with Crippen molar-refractivity contribution in [3.63, 3.8) is 0 Å². The summed E-state index contributed by atoms with van der Waals surface area (Å²) in [6, 6.07) is 8.37. The molecule has 1 aromatic carbocycles. The van der Waals surface area contributed by atoms with Gasteiger partial charge in [0.15, 0.2) is 5.69 Å². The molecule has 1 aromatic heterocycles. The summed E-state index contributed by atoms with van der Waals surface area (Å²) in [6.45, 7) is 9.04. The fraction of sp³-hybridized carbons (Fsp3) is 0.438. The SMILES string of the molecule is CC.CCOC(=O)c1cn(Cc2ccc(C)cc2)n1C. The van der Waals surface area contributed by atoms with E-state index in [4.69, 9.17) is 4.74 Å². The van der Waals surface area contributed by atoms with Crippen molar-refractivity contribution in [1.82, 2.24) is 9.36 Å². The molecule has 0 amide bonds. The number of nitrogens with zero attached hydrogens (tertiary/aromatic N) is 2. The molecule has 0 saturated heterocycles. The first-order chi connectivity index (χ1) is 9.61. The molecule has 20 heavy (non-hydrogen) atoms. The van der Waals surface area contributed by atoms with Gasteiger partial charge in [-0.25, -0.2) is 4.79 Å². The Morgan fingerprint density at radius 1 is 1.20 bits per heavy atom. The predicted molar refractivity (Wildman–Crippen MR) is 81.0 cm³/mol. The zero-order valence-electron chi connectivity index (χ0n) is 13.0. The van der Waals surface area contributed by atoms with E-state index < -0.39 is 0 Å². The van der Waals surface area contributed by atoms with E-state index in [0.29, 0.717) is 12.3 Å². The molecule has 0 N–H and O–H groups in total. The van der Waals surface area contributed by atoms with Crippen molar-refractivity contribution < 1.29 is 9.53 Å². The standard InChI is InChI=1S/C14H18N2O2.C2H6/c1-4-18-14(17)13-10-16(15(13)3)9-12-7-5-11(2)6-8-12;1-2/h5-8,10H,4,9H2,1-3H3;1-2H3. The molecule has 0 atom stereocenters. The number of aromatic nitrogens is 2. The Labute approximate surface area is 120 Å². The molecule has 2 rings (SSSR count). The minimum Gasteiger partial charge on any atom is -0.461 e. The number of esters is 1. The molecule has 0 saturated carbocycles. The van der Waals surface area contributed by atoms with Gasteiger partial charge in [-0.3, -0.25) is 9.36 Å². The second-order valence-corrected chi connectivity index (χ2v) is 4.34. The van der Waals surface area contributed by atoms with Crippen LogP contribution in [0.1, 0.15) is 42.4 Å². The van der Waals surface area contributed by atoms with Crippen LogP contribution in [-0.4, -0.2) is 21.9 Å². The first-order valence-corrected chi connectivity index (χ1v) is 7.06. The van der Waals surface area contributed by atoms with Gasteiger partial charge in [0.2, 0.25) is 0 Å². The van der Waals surface area contributed by atoms with Gasteiger partial charge in [0.1, 0.15) is 0 Å². The second kappa shape index (κ2) is 7.58. The fourth-order valence-corrected chi connectivity index (χ4v) is 1.82.